The Morgan fingerprint density at radius 3 is 2.47 bits per heavy atom. The summed E-state index contributed by atoms with van der Waals surface area (Å²) in [5, 5.41) is 7.18. The molecule has 1 rings (SSSR count). The van der Waals surface area contributed by atoms with Gasteiger partial charge in [-0.15, -0.1) is 0 Å². The maximum atomic E-state index is 11.8. The molecule has 17 heavy (non-hydrogen) atoms. The van der Waals surface area contributed by atoms with Crippen LogP contribution in [0.1, 0.15) is 19.4 Å². The minimum Gasteiger partial charge on any atom is -0.315 e. The lowest BCUT2D eigenvalue weighted by molar-refractivity contribution is 0.430. The predicted molar refractivity (Wildman–Crippen MR) is 68.7 cm³/mol. The van der Waals surface area contributed by atoms with Crippen molar-refractivity contribution in [3.05, 3.63) is 18.0 Å². The Bertz CT molecular complexity index is 477. The molecule has 1 atom stereocenters. The highest BCUT2D eigenvalue weighted by molar-refractivity contribution is 7.92. The van der Waals surface area contributed by atoms with Crippen molar-refractivity contribution in [2.45, 2.75) is 31.1 Å². The number of hydrogen-bond donors (Lipinski definition) is 1. The molecule has 1 unspecified atom stereocenters. The van der Waals surface area contributed by atoms with Crippen molar-refractivity contribution in [3.63, 3.8) is 0 Å². The fourth-order valence-corrected chi connectivity index (χ4v) is 2.48. The lowest BCUT2D eigenvalue weighted by Crippen LogP contribution is -2.51. The monoisotopic (exact) mass is 259 g/mol. The van der Waals surface area contributed by atoms with E-state index in [1.165, 1.54) is 6.26 Å². The van der Waals surface area contributed by atoms with Crippen molar-refractivity contribution >= 4 is 9.84 Å². The molecule has 0 saturated carbocycles. The van der Waals surface area contributed by atoms with E-state index < -0.39 is 14.6 Å². The van der Waals surface area contributed by atoms with E-state index in [1.54, 1.807) is 31.8 Å². The van der Waals surface area contributed by atoms with E-state index in [0.717, 1.165) is 5.56 Å². The van der Waals surface area contributed by atoms with Gasteiger partial charge in [0.25, 0.3) is 0 Å². The zero-order valence-electron chi connectivity index (χ0n) is 11.1. The molecule has 0 saturated heterocycles. The molecule has 1 aromatic rings. The lowest BCUT2D eigenvalue weighted by Gasteiger charge is -2.32. The Morgan fingerprint density at radius 1 is 1.53 bits per heavy atom. The Hall–Kier alpha value is -0.880. The van der Waals surface area contributed by atoms with Crippen LogP contribution in [0.4, 0.5) is 0 Å². The van der Waals surface area contributed by atoms with Gasteiger partial charge in [-0.1, -0.05) is 0 Å². The second kappa shape index (κ2) is 4.78. The first-order chi connectivity index (χ1) is 7.68. The van der Waals surface area contributed by atoms with E-state index in [-0.39, 0.29) is 6.04 Å². The maximum absolute atomic E-state index is 11.8. The summed E-state index contributed by atoms with van der Waals surface area (Å²) in [5.74, 6) is 0. The topological polar surface area (TPSA) is 64.0 Å². The van der Waals surface area contributed by atoms with Gasteiger partial charge >= 0.3 is 0 Å². The molecule has 0 aliphatic carbocycles. The van der Waals surface area contributed by atoms with Crippen LogP contribution in [0.15, 0.2) is 12.4 Å². The van der Waals surface area contributed by atoms with Gasteiger partial charge in [-0.25, -0.2) is 8.42 Å². The molecule has 0 aliphatic heterocycles. The molecular weight excluding hydrogens is 238 g/mol. The molecule has 0 bridgehead atoms. The number of nitrogens with one attached hydrogen (secondary N) is 1. The number of hydrogen-bond acceptors (Lipinski definition) is 4. The first-order valence-electron chi connectivity index (χ1n) is 5.53. The predicted octanol–water partition coefficient (Wildman–Crippen LogP) is 0.374. The number of sulfone groups is 1. The first-order valence-corrected chi connectivity index (χ1v) is 7.42. The Kier molecular flexibility index (Phi) is 3.99. The van der Waals surface area contributed by atoms with Crippen LogP contribution >= 0.6 is 0 Å². The largest absolute Gasteiger partial charge is 0.315 e. The zero-order chi connectivity index (χ0) is 13.3. The number of rotatable bonds is 5. The summed E-state index contributed by atoms with van der Waals surface area (Å²) in [6.45, 7) is 3.50. The van der Waals surface area contributed by atoms with Gasteiger partial charge in [-0.2, -0.15) is 5.10 Å². The van der Waals surface area contributed by atoms with E-state index >= 15 is 0 Å². The van der Waals surface area contributed by atoms with Crippen LogP contribution in [0, 0.1) is 0 Å². The maximum Gasteiger partial charge on any atom is 0.154 e. The van der Waals surface area contributed by atoms with Gasteiger partial charge < -0.3 is 5.32 Å². The second-order valence-electron chi connectivity index (χ2n) is 4.94. The fraction of sp³-hybridized carbons (Fsp3) is 0.727. The Morgan fingerprint density at radius 2 is 2.12 bits per heavy atom. The van der Waals surface area contributed by atoms with Gasteiger partial charge in [-0.3, -0.25) is 4.68 Å². The number of likely N-dealkylation sites (N-methyl/N-ethyl adjacent to an activating group) is 1. The minimum atomic E-state index is -3.12. The van der Waals surface area contributed by atoms with Gasteiger partial charge in [0.05, 0.1) is 10.9 Å². The molecule has 1 aromatic heterocycles. The second-order valence-corrected chi connectivity index (χ2v) is 7.54. The van der Waals surface area contributed by atoms with E-state index in [9.17, 15) is 8.42 Å². The van der Waals surface area contributed by atoms with Gasteiger partial charge in [0.15, 0.2) is 9.84 Å². The summed E-state index contributed by atoms with van der Waals surface area (Å²) >= 11 is 0. The molecular formula is C11H21N3O2S. The molecule has 1 heterocycles. The van der Waals surface area contributed by atoms with Crippen molar-refractivity contribution in [2.24, 2.45) is 7.05 Å². The summed E-state index contributed by atoms with van der Waals surface area (Å²) in [6, 6.07) is -0.137. The van der Waals surface area contributed by atoms with Crippen LogP contribution in [0.25, 0.3) is 0 Å². The number of nitrogens with zero attached hydrogens (tertiary/aromatic N) is 2. The summed E-state index contributed by atoms with van der Waals surface area (Å²) < 4.78 is 24.5. The number of aromatic nitrogens is 2. The smallest absolute Gasteiger partial charge is 0.154 e. The van der Waals surface area contributed by atoms with Crippen LogP contribution in [-0.4, -0.2) is 42.3 Å². The van der Waals surface area contributed by atoms with Crippen molar-refractivity contribution in [1.82, 2.24) is 15.1 Å². The van der Waals surface area contributed by atoms with E-state index in [4.69, 9.17) is 0 Å². The summed E-state index contributed by atoms with van der Waals surface area (Å²) in [7, 11) is 0.516. The van der Waals surface area contributed by atoms with Crippen LogP contribution in [0.5, 0.6) is 0 Å². The highest BCUT2D eigenvalue weighted by Crippen LogP contribution is 2.22. The van der Waals surface area contributed by atoms with E-state index in [0.29, 0.717) is 6.42 Å². The first kappa shape index (κ1) is 14.2. The molecule has 0 amide bonds. The Balaban J connectivity index is 2.93. The van der Waals surface area contributed by atoms with Gasteiger partial charge in [0, 0.05) is 25.5 Å². The summed E-state index contributed by atoms with van der Waals surface area (Å²) in [4.78, 5) is 0. The molecule has 0 aromatic carbocycles. The average molecular weight is 259 g/mol. The molecule has 5 nitrogen and oxygen atoms in total. The van der Waals surface area contributed by atoms with Crippen molar-refractivity contribution in [3.8, 4) is 0 Å². The third-order valence-corrected chi connectivity index (χ3v) is 5.54. The molecule has 0 fully saturated rings. The highest BCUT2D eigenvalue weighted by Gasteiger charge is 2.38. The molecule has 98 valence electrons. The standard InChI is InChI=1S/C11H21N3O2S/c1-11(2,17(5,15)16)10(12-3)6-9-7-13-14(4)8-9/h7-8,10,12H,6H2,1-5H3. The van der Waals surface area contributed by atoms with E-state index in [2.05, 4.69) is 10.4 Å². The molecule has 1 N–H and O–H groups in total. The van der Waals surface area contributed by atoms with E-state index in [1.807, 2.05) is 13.2 Å². The van der Waals surface area contributed by atoms with Crippen molar-refractivity contribution < 1.29 is 8.42 Å². The molecule has 0 aliphatic rings. The minimum absolute atomic E-state index is 0.137. The number of aryl methyl sites for hydroxylation is 1. The van der Waals surface area contributed by atoms with Crippen LogP contribution in [-0.2, 0) is 23.3 Å². The quantitative estimate of drug-likeness (QED) is 0.830. The van der Waals surface area contributed by atoms with Crippen molar-refractivity contribution in [2.75, 3.05) is 13.3 Å². The van der Waals surface area contributed by atoms with Crippen LogP contribution in [0.3, 0.4) is 0 Å². The SMILES string of the molecule is CNC(Cc1cnn(C)c1)C(C)(C)S(C)(=O)=O. The fourth-order valence-electron chi connectivity index (χ4n) is 1.77. The highest BCUT2D eigenvalue weighted by atomic mass is 32.2. The van der Waals surface area contributed by atoms with Crippen LogP contribution in [0.2, 0.25) is 0 Å². The van der Waals surface area contributed by atoms with Crippen LogP contribution < -0.4 is 5.32 Å². The normalized spacial score (nSPS) is 14.9. The molecule has 6 heteroatoms. The van der Waals surface area contributed by atoms with Gasteiger partial charge in [-0.05, 0) is 32.9 Å². The van der Waals surface area contributed by atoms with Gasteiger partial charge in [0.1, 0.15) is 0 Å². The molecule has 0 spiro atoms. The summed E-state index contributed by atoms with van der Waals surface area (Å²) in [5.41, 5.74) is 1.03. The zero-order valence-corrected chi connectivity index (χ0v) is 11.9. The summed E-state index contributed by atoms with van der Waals surface area (Å²) in [6.07, 6.45) is 5.59. The third kappa shape index (κ3) is 3.07. The molecule has 0 radical (unpaired) electrons. The van der Waals surface area contributed by atoms with Gasteiger partial charge in [0.2, 0.25) is 0 Å². The Labute approximate surface area is 103 Å². The van der Waals surface area contributed by atoms with Crippen molar-refractivity contribution in [1.29, 1.82) is 0 Å². The average Bonchev–Trinajstić information content (AvgIpc) is 2.58. The third-order valence-electron chi connectivity index (χ3n) is 3.34. The lowest BCUT2D eigenvalue weighted by atomic mass is 9.97.